The van der Waals surface area contributed by atoms with Gasteiger partial charge >= 0.3 is 0 Å². The zero-order valence-corrected chi connectivity index (χ0v) is 23.1. The number of hydrogen-bond acceptors (Lipinski definition) is 3. The van der Waals surface area contributed by atoms with Gasteiger partial charge in [-0.15, -0.1) is 0 Å². The van der Waals surface area contributed by atoms with E-state index in [1.54, 1.807) is 7.11 Å². The highest BCUT2D eigenvalue weighted by Crippen LogP contribution is 2.34. The lowest BCUT2D eigenvalue weighted by molar-refractivity contribution is 0.108. The average Bonchev–Trinajstić information content (AvgIpc) is 3.00. The minimum absolute atomic E-state index is 0.0839. The van der Waals surface area contributed by atoms with Gasteiger partial charge in [0, 0.05) is 24.1 Å². The highest BCUT2D eigenvalue weighted by Gasteiger charge is 2.32. The molecule has 4 aromatic carbocycles. The normalized spacial score (nSPS) is 17.7. The lowest BCUT2D eigenvalue weighted by atomic mass is 9.86. The van der Waals surface area contributed by atoms with Crippen LogP contribution in [0.15, 0.2) is 103 Å². The number of halogens is 2. The fraction of sp³-hybridized carbons (Fsp3) is 0.314. The molecule has 1 aliphatic rings. The van der Waals surface area contributed by atoms with Crippen molar-refractivity contribution in [3.05, 3.63) is 137 Å². The molecular weight excluding hydrogens is 502 g/mol. The Hall–Kier alpha value is -3.54. The van der Waals surface area contributed by atoms with Crippen molar-refractivity contribution in [3.8, 4) is 5.75 Å². The van der Waals surface area contributed by atoms with Crippen molar-refractivity contribution in [1.82, 2.24) is 10.2 Å². The fourth-order valence-electron chi connectivity index (χ4n) is 6.13. The van der Waals surface area contributed by atoms with E-state index < -0.39 is 0 Å². The topological polar surface area (TPSA) is 24.5 Å². The summed E-state index contributed by atoms with van der Waals surface area (Å²) >= 11 is 0. The predicted octanol–water partition coefficient (Wildman–Crippen LogP) is 7.88. The van der Waals surface area contributed by atoms with E-state index in [0.717, 1.165) is 67.8 Å². The summed E-state index contributed by atoms with van der Waals surface area (Å²) in [6.07, 6.45) is 4.11. The predicted molar refractivity (Wildman–Crippen MR) is 157 cm³/mol. The van der Waals surface area contributed by atoms with Gasteiger partial charge in [-0.2, -0.15) is 0 Å². The van der Waals surface area contributed by atoms with Gasteiger partial charge < -0.3 is 10.1 Å². The molecule has 1 fully saturated rings. The standard InChI is InChI=1S/C35H38F2N2O/c1-40-34-14-6-5-11-29(34)25-38-33-13-8-24-39(35(33)28-9-3-2-4-10-28)23-7-12-32(26-15-19-30(36)20-16-26)27-17-21-31(37)22-18-27/h2-6,9-11,14-22,32-33,35,38H,7-8,12-13,23-25H2,1H3/t33-,35-/m0/s1. The third kappa shape index (κ3) is 6.96. The van der Waals surface area contributed by atoms with Crippen LogP contribution in [-0.2, 0) is 6.54 Å². The van der Waals surface area contributed by atoms with Crippen LogP contribution in [0.5, 0.6) is 5.75 Å². The summed E-state index contributed by atoms with van der Waals surface area (Å²) in [5.74, 6) is 0.506. The maximum atomic E-state index is 13.7. The van der Waals surface area contributed by atoms with Crippen molar-refractivity contribution in [2.45, 2.75) is 50.2 Å². The molecule has 208 valence electrons. The molecule has 2 atom stereocenters. The minimum atomic E-state index is -0.243. The van der Waals surface area contributed by atoms with E-state index >= 15 is 0 Å². The van der Waals surface area contributed by atoms with E-state index in [4.69, 9.17) is 4.74 Å². The Bertz CT molecular complexity index is 1280. The molecule has 0 radical (unpaired) electrons. The number of benzene rings is 4. The molecule has 0 aliphatic carbocycles. The molecule has 5 rings (SSSR count). The van der Waals surface area contributed by atoms with Crippen LogP contribution in [0.1, 0.15) is 59.9 Å². The molecule has 1 N–H and O–H groups in total. The van der Waals surface area contributed by atoms with E-state index in [2.05, 4.69) is 52.7 Å². The third-order valence-electron chi connectivity index (χ3n) is 8.11. The SMILES string of the molecule is COc1ccccc1CN[C@H]1CCCN(CCCC(c2ccc(F)cc2)c2ccc(F)cc2)[C@H]1c1ccccc1. The van der Waals surface area contributed by atoms with Gasteiger partial charge in [0.25, 0.3) is 0 Å². The Labute approximate surface area is 236 Å². The first kappa shape index (κ1) is 28.0. The number of nitrogens with zero attached hydrogens (tertiary/aromatic N) is 1. The first-order valence-electron chi connectivity index (χ1n) is 14.3. The van der Waals surface area contributed by atoms with Crippen LogP contribution in [0.3, 0.4) is 0 Å². The molecule has 0 unspecified atom stereocenters. The summed E-state index contributed by atoms with van der Waals surface area (Å²) in [6.45, 7) is 2.75. The van der Waals surface area contributed by atoms with E-state index in [-0.39, 0.29) is 23.6 Å². The monoisotopic (exact) mass is 540 g/mol. The van der Waals surface area contributed by atoms with E-state index in [1.807, 2.05) is 36.4 Å². The van der Waals surface area contributed by atoms with Crippen molar-refractivity contribution in [2.24, 2.45) is 0 Å². The quantitative estimate of drug-likeness (QED) is 0.209. The number of methoxy groups -OCH3 is 1. The Kier molecular flexibility index (Phi) is 9.58. The van der Waals surface area contributed by atoms with Crippen molar-refractivity contribution in [1.29, 1.82) is 0 Å². The lowest BCUT2D eigenvalue weighted by Crippen LogP contribution is -2.48. The number of rotatable bonds is 11. The summed E-state index contributed by atoms with van der Waals surface area (Å²) in [6, 6.07) is 33.0. The molecule has 40 heavy (non-hydrogen) atoms. The Morgan fingerprint density at radius 1 is 0.825 bits per heavy atom. The second kappa shape index (κ2) is 13.7. The molecule has 4 aromatic rings. The minimum Gasteiger partial charge on any atom is -0.496 e. The van der Waals surface area contributed by atoms with Gasteiger partial charge in [-0.1, -0.05) is 72.8 Å². The summed E-state index contributed by atoms with van der Waals surface area (Å²) in [5.41, 5.74) is 4.61. The number of piperidine rings is 1. The molecule has 1 heterocycles. The Morgan fingerprint density at radius 2 is 1.45 bits per heavy atom. The molecule has 0 spiro atoms. The Morgan fingerprint density at radius 3 is 2.10 bits per heavy atom. The zero-order valence-electron chi connectivity index (χ0n) is 23.1. The van der Waals surface area contributed by atoms with Crippen LogP contribution in [-0.4, -0.2) is 31.1 Å². The second-order valence-corrected chi connectivity index (χ2v) is 10.6. The number of likely N-dealkylation sites (tertiary alicyclic amines) is 1. The molecule has 0 saturated carbocycles. The number of hydrogen-bond donors (Lipinski definition) is 1. The number of para-hydroxylation sites is 1. The summed E-state index contributed by atoms with van der Waals surface area (Å²) in [4.78, 5) is 2.62. The maximum Gasteiger partial charge on any atom is 0.123 e. The van der Waals surface area contributed by atoms with Crippen molar-refractivity contribution in [3.63, 3.8) is 0 Å². The van der Waals surface area contributed by atoms with Gasteiger partial charge in [-0.05, 0) is 85.8 Å². The van der Waals surface area contributed by atoms with E-state index in [0.29, 0.717) is 6.04 Å². The molecule has 3 nitrogen and oxygen atoms in total. The van der Waals surface area contributed by atoms with Gasteiger partial charge in [0.2, 0.25) is 0 Å². The highest BCUT2D eigenvalue weighted by molar-refractivity contribution is 5.34. The van der Waals surface area contributed by atoms with Gasteiger partial charge in [-0.25, -0.2) is 8.78 Å². The highest BCUT2D eigenvalue weighted by atomic mass is 19.1. The summed E-state index contributed by atoms with van der Waals surface area (Å²) in [5, 5.41) is 3.86. The average molecular weight is 541 g/mol. The molecule has 5 heteroatoms. The number of nitrogens with one attached hydrogen (secondary N) is 1. The van der Waals surface area contributed by atoms with Crippen molar-refractivity contribution in [2.75, 3.05) is 20.2 Å². The number of ether oxygens (including phenoxy) is 1. The zero-order chi connectivity index (χ0) is 27.7. The second-order valence-electron chi connectivity index (χ2n) is 10.6. The molecule has 0 aromatic heterocycles. The van der Waals surface area contributed by atoms with Crippen molar-refractivity contribution >= 4 is 0 Å². The van der Waals surface area contributed by atoms with Crippen LogP contribution in [0.4, 0.5) is 8.78 Å². The fourth-order valence-corrected chi connectivity index (χ4v) is 6.13. The van der Waals surface area contributed by atoms with Gasteiger partial charge in [0.1, 0.15) is 17.4 Å². The molecule has 1 aliphatic heterocycles. The Balaban J connectivity index is 1.31. The van der Waals surface area contributed by atoms with Crippen LogP contribution < -0.4 is 10.1 Å². The smallest absolute Gasteiger partial charge is 0.123 e. The largest absolute Gasteiger partial charge is 0.496 e. The summed E-state index contributed by atoms with van der Waals surface area (Å²) < 4.78 is 33.0. The molecule has 0 amide bonds. The first-order chi connectivity index (χ1) is 19.6. The lowest BCUT2D eigenvalue weighted by Gasteiger charge is -2.42. The third-order valence-corrected chi connectivity index (χ3v) is 8.11. The molecule has 1 saturated heterocycles. The maximum absolute atomic E-state index is 13.7. The molecular formula is C35H38F2N2O. The van der Waals surface area contributed by atoms with Gasteiger partial charge in [0.05, 0.1) is 13.2 Å². The van der Waals surface area contributed by atoms with Crippen LogP contribution in [0.2, 0.25) is 0 Å². The summed E-state index contributed by atoms with van der Waals surface area (Å²) in [7, 11) is 1.72. The van der Waals surface area contributed by atoms with Gasteiger partial charge in [-0.3, -0.25) is 4.90 Å². The van der Waals surface area contributed by atoms with E-state index in [9.17, 15) is 8.78 Å². The van der Waals surface area contributed by atoms with Gasteiger partial charge in [0.15, 0.2) is 0 Å². The van der Waals surface area contributed by atoms with E-state index in [1.165, 1.54) is 29.8 Å². The van der Waals surface area contributed by atoms with Crippen LogP contribution in [0.25, 0.3) is 0 Å². The first-order valence-corrected chi connectivity index (χ1v) is 14.3. The van der Waals surface area contributed by atoms with Crippen LogP contribution in [0, 0.1) is 11.6 Å². The van der Waals surface area contributed by atoms with Crippen LogP contribution >= 0.6 is 0 Å². The molecule has 0 bridgehead atoms. The van der Waals surface area contributed by atoms with Crippen molar-refractivity contribution < 1.29 is 13.5 Å².